The summed E-state index contributed by atoms with van der Waals surface area (Å²) in [6, 6.07) is 4.45. The molecule has 0 bridgehead atoms. The number of aromatic nitrogens is 1. The van der Waals surface area contributed by atoms with Crippen molar-refractivity contribution in [2.45, 2.75) is 12.5 Å². The second kappa shape index (κ2) is 3.70. The summed E-state index contributed by atoms with van der Waals surface area (Å²) in [5.74, 6) is -1.01. The highest BCUT2D eigenvalue weighted by Gasteiger charge is 2.12. The molecule has 0 fully saturated rings. The van der Waals surface area contributed by atoms with Gasteiger partial charge in [-0.05, 0) is 24.1 Å². The summed E-state index contributed by atoms with van der Waals surface area (Å²) >= 11 is 0. The number of rotatable bonds is 3. The summed E-state index contributed by atoms with van der Waals surface area (Å²) in [6.07, 6.45) is 1.64. The van der Waals surface area contributed by atoms with E-state index < -0.39 is 12.0 Å². The van der Waals surface area contributed by atoms with Crippen molar-refractivity contribution in [3.05, 3.63) is 30.2 Å². The van der Waals surface area contributed by atoms with Crippen molar-refractivity contribution in [2.24, 2.45) is 5.73 Å². The van der Waals surface area contributed by atoms with Crippen molar-refractivity contribution in [2.75, 3.05) is 0 Å². The Balaban J connectivity index is 2.24. The first-order valence-corrected chi connectivity index (χ1v) is 4.47. The van der Waals surface area contributed by atoms with Gasteiger partial charge in [-0.1, -0.05) is 6.07 Å². The lowest BCUT2D eigenvalue weighted by molar-refractivity contribution is -0.138. The Kier molecular flexibility index (Phi) is 2.39. The van der Waals surface area contributed by atoms with Crippen LogP contribution in [0.1, 0.15) is 5.56 Å². The number of aliphatic carboxylic acids is 1. The SMILES string of the molecule is NC(Cc1ccc2ncoc2c1)C(=O)O. The van der Waals surface area contributed by atoms with Crippen LogP contribution >= 0.6 is 0 Å². The summed E-state index contributed by atoms with van der Waals surface area (Å²) in [4.78, 5) is 14.5. The Morgan fingerprint density at radius 1 is 1.60 bits per heavy atom. The molecule has 0 aliphatic rings. The number of carbonyl (C=O) groups is 1. The molecule has 78 valence electrons. The summed E-state index contributed by atoms with van der Waals surface area (Å²) in [7, 11) is 0. The van der Waals surface area contributed by atoms with Gasteiger partial charge in [-0.2, -0.15) is 0 Å². The number of nitrogens with zero attached hydrogens (tertiary/aromatic N) is 1. The average molecular weight is 206 g/mol. The molecule has 0 saturated carbocycles. The molecule has 1 aromatic heterocycles. The van der Waals surface area contributed by atoms with Gasteiger partial charge in [0.2, 0.25) is 0 Å². The normalized spacial score (nSPS) is 12.9. The zero-order chi connectivity index (χ0) is 10.8. The van der Waals surface area contributed by atoms with Gasteiger partial charge in [0, 0.05) is 0 Å². The molecule has 2 rings (SSSR count). The third-order valence-corrected chi connectivity index (χ3v) is 2.17. The van der Waals surface area contributed by atoms with E-state index in [0.717, 1.165) is 11.1 Å². The molecule has 5 heteroatoms. The number of carboxylic acids is 1. The summed E-state index contributed by atoms with van der Waals surface area (Å²) in [5.41, 5.74) is 7.65. The van der Waals surface area contributed by atoms with Gasteiger partial charge in [-0.3, -0.25) is 4.79 Å². The van der Waals surface area contributed by atoms with Gasteiger partial charge in [0.05, 0.1) is 0 Å². The maximum atomic E-state index is 10.6. The Hall–Kier alpha value is -1.88. The van der Waals surface area contributed by atoms with Crippen LogP contribution in [-0.4, -0.2) is 22.1 Å². The van der Waals surface area contributed by atoms with Crippen LogP contribution in [-0.2, 0) is 11.2 Å². The van der Waals surface area contributed by atoms with Gasteiger partial charge in [-0.25, -0.2) is 4.98 Å². The van der Waals surface area contributed by atoms with E-state index in [-0.39, 0.29) is 6.42 Å². The highest BCUT2D eigenvalue weighted by atomic mass is 16.4. The molecule has 0 aliphatic heterocycles. The van der Waals surface area contributed by atoms with E-state index in [9.17, 15) is 4.79 Å². The van der Waals surface area contributed by atoms with Crippen molar-refractivity contribution < 1.29 is 14.3 Å². The molecule has 0 aliphatic carbocycles. The molecule has 1 unspecified atom stereocenters. The summed E-state index contributed by atoms with van der Waals surface area (Å²) in [6.45, 7) is 0. The molecule has 3 N–H and O–H groups in total. The standard InChI is InChI=1S/C10H10N2O3/c11-7(10(13)14)3-6-1-2-8-9(4-6)15-5-12-8/h1-2,4-5,7H,3,11H2,(H,13,14). The molecule has 2 aromatic rings. The number of hydrogen-bond acceptors (Lipinski definition) is 4. The highest BCUT2D eigenvalue weighted by molar-refractivity contribution is 5.75. The van der Waals surface area contributed by atoms with Crippen molar-refractivity contribution >= 4 is 17.1 Å². The van der Waals surface area contributed by atoms with Gasteiger partial charge in [-0.15, -0.1) is 0 Å². The van der Waals surface area contributed by atoms with Crippen LogP contribution in [0.3, 0.4) is 0 Å². The molecule has 0 spiro atoms. The van der Waals surface area contributed by atoms with Crippen molar-refractivity contribution in [1.82, 2.24) is 4.98 Å². The molecule has 15 heavy (non-hydrogen) atoms. The minimum absolute atomic E-state index is 0.284. The van der Waals surface area contributed by atoms with Crippen LogP contribution < -0.4 is 5.73 Å². The maximum absolute atomic E-state index is 10.6. The van der Waals surface area contributed by atoms with Crippen LogP contribution in [0.15, 0.2) is 29.0 Å². The van der Waals surface area contributed by atoms with Crippen molar-refractivity contribution in [3.63, 3.8) is 0 Å². The molecule has 1 aromatic carbocycles. The van der Waals surface area contributed by atoms with E-state index in [4.69, 9.17) is 15.3 Å². The lowest BCUT2D eigenvalue weighted by Gasteiger charge is -2.05. The lowest BCUT2D eigenvalue weighted by Crippen LogP contribution is -2.32. The predicted molar refractivity (Wildman–Crippen MR) is 53.3 cm³/mol. The molecular formula is C10H10N2O3. The van der Waals surface area contributed by atoms with Gasteiger partial charge in [0.25, 0.3) is 0 Å². The van der Waals surface area contributed by atoms with Crippen LogP contribution in [0.2, 0.25) is 0 Å². The zero-order valence-electron chi connectivity index (χ0n) is 7.88. The average Bonchev–Trinajstić information content (AvgIpc) is 2.64. The highest BCUT2D eigenvalue weighted by Crippen LogP contribution is 2.15. The van der Waals surface area contributed by atoms with Crippen molar-refractivity contribution in [3.8, 4) is 0 Å². The minimum Gasteiger partial charge on any atom is -0.480 e. The van der Waals surface area contributed by atoms with E-state index >= 15 is 0 Å². The number of fused-ring (bicyclic) bond motifs is 1. The second-order valence-corrected chi connectivity index (χ2v) is 3.30. The van der Waals surface area contributed by atoms with Gasteiger partial charge in [0.15, 0.2) is 12.0 Å². The zero-order valence-corrected chi connectivity index (χ0v) is 7.88. The molecule has 0 saturated heterocycles. The third kappa shape index (κ3) is 1.97. The van der Waals surface area contributed by atoms with Gasteiger partial charge < -0.3 is 15.3 Å². The molecule has 0 amide bonds. The topological polar surface area (TPSA) is 89.4 Å². The largest absolute Gasteiger partial charge is 0.480 e. The minimum atomic E-state index is -1.01. The van der Waals surface area contributed by atoms with E-state index in [2.05, 4.69) is 4.98 Å². The monoisotopic (exact) mass is 206 g/mol. The van der Waals surface area contributed by atoms with Crippen LogP contribution in [0.25, 0.3) is 11.1 Å². The maximum Gasteiger partial charge on any atom is 0.320 e. The number of carboxylic acid groups (broad SMARTS) is 1. The Morgan fingerprint density at radius 2 is 2.40 bits per heavy atom. The van der Waals surface area contributed by atoms with E-state index in [1.165, 1.54) is 6.39 Å². The number of benzene rings is 1. The number of hydrogen-bond donors (Lipinski definition) is 2. The second-order valence-electron chi connectivity index (χ2n) is 3.30. The Morgan fingerprint density at radius 3 is 3.13 bits per heavy atom. The summed E-state index contributed by atoms with van der Waals surface area (Å²) < 4.78 is 5.10. The third-order valence-electron chi connectivity index (χ3n) is 2.17. The summed E-state index contributed by atoms with van der Waals surface area (Å²) in [5, 5.41) is 8.66. The lowest BCUT2D eigenvalue weighted by atomic mass is 10.1. The Bertz CT molecular complexity index is 492. The van der Waals surface area contributed by atoms with Gasteiger partial charge >= 0.3 is 5.97 Å². The quantitative estimate of drug-likeness (QED) is 0.774. The Labute approximate surface area is 85.5 Å². The molecular weight excluding hydrogens is 196 g/mol. The fourth-order valence-corrected chi connectivity index (χ4v) is 1.37. The molecule has 0 radical (unpaired) electrons. The smallest absolute Gasteiger partial charge is 0.320 e. The van der Waals surface area contributed by atoms with Crippen LogP contribution in [0.4, 0.5) is 0 Å². The van der Waals surface area contributed by atoms with Crippen molar-refractivity contribution in [1.29, 1.82) is 0 Å². The predicted octanol–water partition coefficient (Wildman–Crippen LogP) is 0.782. The van der Waals surface area contributed by atoms with Gasteiger partial charge in [0.1, 0.15) is 11.6 Å². The van der Waals surface area contributed by atoms with E-state index in [1.54, 1.807) is 18.2 Å². The van der Waals surface area contributed by atoms with Crippen LogP contribution in [0.5, 0.6) is 0 Å². The first-order valence-electron chi connectivity index (χ1n) is 4.47. The van der Waals surface area contributed by atoms with Crippen LogP contribution in [0, 0.1) is 0 Å². The van der Waals surface area contributed by atoms with E-state index in [1.807, 2.05) is 0 Å². The first-order chi connectivity index (χ1) is 7.16. The van der Waals surface area contributed by atoms with E-state index in [0.29, 0.717) is 5.58 Å². The number of oxazole rings is 1. The molecule has 1 heterocycles. The first kappa shape index (κ1) is 9.67. The molecule has 5 nitrogen and oxygen atoms in total. The fourth-order valence-electron chi connectivity index (χ4n) is 1.37. The number of nitrogens with two attached hydrogens (primary N) is 1. The fraction of sp³-hybridized carbons (Fsp3) is 0.200. The molecule has 1 atom stereocenters.